The molecule has 0 aliphatic heterocycles. The number of hydrogen-bond acceptors (Lipinski definition) is 4. The molecular formula is C19H10Br2ClF3N2O3. The molecule has 0 unspecified atom stereocenters. The highest BCUT2D eigenvalue weighted by atomic mass is 79.9. The molecule has 1 aromatic heterocycles. The summed E-state index contributed by atoms with van der Waals surface area (Å²) in [5.41, 5.74) is -0.687. The third-order valence-electron chi connectivity index (χ3n) is 3.71. The van der Waals surface area contributed by atoms with Crippen LogP contribution >= 0.6 is 43.5 Å². The zero-order valence-corrected chi connectivity index (χ0v) is 18.5. The molecule has 2 aromatic carbocycles. The molecule has 0 bridgehead atoms. The van der Waals surface area contributed by atoms with Crippen LogP contribution in [0.3, 0.4) is 0 Å². The molecule has 11 heteroatoms. The maximum absolute atomic E-state index is 12.8. The lowest BCUT2D eigenvalue weighted by atomic mass is 10.2. The summed E-state index contributed by atoms with van der Waals surface area (Å²) in [6.45, 7) is 0. The maximum atomic E-state index is 12.8. The van der Waals surface area contributed by atoms with Gasteiger partial charge in [-0.25, -0.2) is 4.98 Å². The largest absolute Gasteiger partial charge is 0.506 e. The van der Waals surface area contributed by atoms with Gasteiger partial charge in [-0.3, -0.25) is 4.79 Å². The number of aromatic hydroxyl groups is 1. The van der Waals surface area contributed by atoms with Crippen molar-refractivity contribution in [2.45, 2.75) is 6.18 Å². The number of aromatic nitrogens is 1. The van der Waals surface area contributed by atoms with Crippen LogP contribution in [0.25, 0.3) is 0 Å². The van der Waals surface area contributed by atoms with Gasteiger partial charge < -0.3 is 15.2 Å². The van der Waals surface area contributed by atoms with E-state index in [4.69, 9.17) is 16.3 Å². The summed E-state index contributed by atoms with van der Waals surface area (Å²) in [4.78, 5) is 16.4. The first kappa shape index (κ1) is 22.4. The van der Waals surface area contributed by atoms with E-state index in [2.05, 4.69) is 42.2 Å². The smallest absolute Gasteiger partial charge is 0.416 e. The van der Waals surface area contributed by atoms with Crippen molar-refractivity contribution >= 4 is 55.1 Å². The molecule has 0 saturated heterocycles. The Hall–Kier alpha value is -2.30. The standard InChI is InChI=1S/C19H10Br2ClF3N2O3/c20-10-5-13(16(28)14(21)6-10)17(29)27-11-7-15(22)18(26-8-11)30-12-3-1-2-9(4-12)19(23,24)25/h1-8,28H,(H,27,29). The van der Waals surface area contributed by atoms with Crippen LogP contribution < -0.4 is 10.1 Å². The van der Waals surface area contributed by atoms with E-state index in [9.17, 15) is 23.1 Å². The van der Waals surface area contributed by atoms with Crippen molar-refractivity contribution in [3.05, 3.63) is 73.8 Å². The molecule has 30 heavy (non-hydrogen) atoms. The average Bonchev–Trinajstić information content (AvgIpc) is 2.66. The van der Waals surface area contributed by atoms with E-state index in [1.54, 1.807) is 6.07 Å². The summed E-state index contributed by atoms with van der Waals surface area (Å²) in [6.07, 6.45) is -3.30. The Morgan fingerprint density at radius 2 is 1.90 bits per heavy atom. The average molecular weight is 567 g/mol. The van der Waals surface area contributed by atoms with Crippen molar-refractivity contribution in [2.75, 3.05) is 5.32 Å². The number of carbonyl (C=O) groups is 1. The molecular weight excluding hydrogens is 556 g/mol. The number of ether oxygens (including phenoxy) is 1. The first-order valence-electron chi connectivity index (χ1n) is 8.04. The monoisotopic (exact) mass is 564 g/mol. The molecule has 3 rings (SSSR count). The second-order valence-electron chi connectivity index (χ2n) is 5.88. The first-order chi connectivity index (χ1) is 14.0. The molecule has 1 amide bonds. The predicted molar refractivity (Wildman–Crippen MR) is 112 cm³/mol. The Kier molecular flexibility index (Phi) is 6.59. The van der Waals surface area contributed by atoms with Crippen LogP contribution in [0.2, 0.25) is 5.02 Å². The SMILES string of the molecule is O=C(Nc1cnc(Oc2cccc(C(F)(F)F)c2)c(Cl)c1)c1cc(Br)cc(Br)c1O. The third kappa shape index (κ3) is 5.24. The van der Waals surface area contributed by atoms with E-state index in [0.29, 0.717) is 8.95 Å². The van der Waals surface area contributed by atoms with Gasteiger partial charge in [0.25, 0.3) is 5.91 Å². The van der Waals surface area contributed by atoms with Crippen molar-refractivity contribution in [1.82, 2.24) is 4.98 Å². The lowest BCUT2D eigenvalue weighted by Gasteiger charge is -2.12. The zero-order chi connectivity index (χ0) is 22.1. The highest BCUT2D eigenvalue weighted by Crippen LogP contribution is 2.35. The molecule has 0 saturated carbocycles. The van der Waals surface area contributed by atoms with Gasteiger partial charge in [0, 0.05) is 4.47 Å². The second-order valence-corrected chi connectivity index (χ2v) is 8.05. The fourth-order valence-corrected chi connectivity index (χ4v) is 3.78. The second kappa shape index (κ2) is 8.83. The van der Waals surface area contributed by atoms with Crippen LogP contribution in [-0.4, -0.2) is 16.0 Å². The van der Waals surface area contributed by atoms with Crippen molar-refractivity contribution in [1.29, 1.82) is 0 Å². The van der Waals surface area contributed by atoms with Gasteiger partial charge in [-0.15, -0.1) is 0 Å². The van der Waals surface area contributed by atoms with Crippen molar-refractivity contribution < 1.29 is 27.8 Å². The summed E-state index contributed by atoms with van der Waals surface area (Å²) in [5.74, 6) is -1.11. The molecule has 156 valence electrons. The molecule has 5 nitrogen and oxygen atoms in total. The van der Waals surface area contributed by atoms with Gasteiger partial charge in [0.05, 0.1) is 27.5 Å². The van der Waals surface area contributed by atoms with Gasteiger partial charge in [-0.05, 0) is 52.3 Å². The highest BCUT2D eigenvalue weighted by molar-refractivity contribution is 9.11. The Labute approximate surface area is 190 Å². The Morgan fingerprint density at radius 1 is 1.17 bits per heavy atom. The van der Waals surface area contributed by atoms with Crippen LogP contribution in [0.15, 0.2) is 57.6 Å². The van der Waals surface area contributed by atoms with Gasteiger partial charge in [-0.1, -0.05) is 33.6 Å². The minimum atomic E-state index is -4.52. The van der Waals surface area contributed by atoms with E-state index in [-0.39, 0.29) is 33.7 Å². The molecule has 0 atom stereocenters. The molecule has 0 spiro atoms. The van der Waals surface area contributed by atoms with Crippen LogP contribution in [0.5, 0.6) is 17.4 Å². The molecule has 3 aromatic rings. The minimum Gasteiger partial charge on any atom is -0.506 e. The quantitative estimate of drug-likeness (QED) is 0.356. The normalized spacial score (nSPS) is 11.3. The first-order valence-corrected chi connectivity index (χ1v) is 10.0. The van der Waals surface area contributed by atoms with E-state index in [0.717, 1.165) is 12.1 Å². The number of alkyl halides is 3. The Bertz CT molecular complexity index is 1130. The summed E-state index contributed by atoms with van der Waals surface area (Å²) in [5, 5.41) is 12.5. The fourth-order valence-electron chi connectivity index (χ4n) is 2.35. The van der Waals surface area contributed by atoms with Crippen LogP contribution in [0.1, 0.15) is 15.9 Å². The van der Waals surface area contributed by atoms with Crippen LogP contribution in [-0.2, 0) is 6.18 Å². The summed E-state index contributed by atoms with van der Waals surface area (Å²) >= 11 is 12.5. The number of benzene rings is 2. The number of anilines is 1. The number of amides is 1. The number of hydrogen-bond donors (Lipinski definition) is 2. The Balaban J connectivity index is 1.79. The fraction of sp³-hybridized carbons (Fsp3) is 0.0526. The van der Waals surface area contributed by atoms with E-state index < -0.39 is 17.6 Å². The number of nitrogens with one attached hydrogen (secondary N) is 1. The van der Waals surface area contributed by atoms with Gasteiger partial charge in [-0.2, -0.15) is 13.2 Å². The molecule has 0 radical (unpaired) electrons. The third-order valence-corrected chi connectivity index (χ3v) is 5.05. The van der Waals surface area contributed by atoms with Crippen LogP contribution in [0, 0.1) is 0 Å². The number of nitrogens with zero attached hydrogens (tertiary/aromatic N) is 1. The number of rotatable bonds is 4. The number of halogens is 6. The minimum absolute atomic E-state index is 0.00309. The maximum Gasteiger partial charge on any atom is 0.416 e. The Morgan fingerprint density at radius 3 is 2.57 bits per heavy atom. The van der Waals surface area contributed by atoms with E-state index >= 15 is 0 Å². The summed E-state index contributed by atoms with van der Waals surface area (Å²) in [6, 6.07) is 8.58. The number of phenolic OH excluding ortho intramolecular Hbond substituents is 1. The molecule has 0 fully saturated rings. The van der Waals surface area contributed by atoms with Crippen molar-refractivity contribution in [3.8, 4) is 17.4 Å². The molecule has 2 N–H and O–H groups in total. The molecule has 0 aliphatic carbocycles. The summed E-state index contributed by atoms with van der Waals surface area (Å²) in [7, 11) is 0. The highest BCUT2D eigenvalue weighted by Gasteiger charge is 2.30. The molecule has 1 heterocycles. The van der Waals surface area contributed by atoms with Gasteiger partial charge >= 0.3 is 6.18 Å². The summed E-state index contributed by atoms with van der Waals surface area (Å²) < 4.78 is 44.7. The van der Waals surface area contributed by atoms with Crippen molar-refractivity contribution in [3.63, 3.8) is 0 Å². The topological polar surface area (TPSA) is 71.5 Å². The van der Waals surface area contributed by atoms with E-state index in [1.807, 2.05) is 0 Å². The van der Waals surface area contributed by atoms with Gasteiger partial charge in [0.15, 0.2) is 0 Å². The number of carbonyl (C=O) groups excluding carboxylic acids is 1. The molecule has 0 aliphatic rings. The zero-order valence-electron chi connectivity index (χ0n) is 14.6. The number of phenols is 1. The predicted octanol–water partition coefficient (Wildman–Crippen LogP) is 7.03. The lowest BCUT2D eigenvalue weighted by molar-refractivity contribution is -0.137. The lowest BCUT2D eigenvalue weighted by Crippen LogP contribution is -2.12. The van der Waals surface area contributed by atoms with Gasteiger partial charge in [0.2, 0.25) is 5.88 Å². The van der Waals surface area contributed by atoms with Crippen LogP contribution in [0.4, 0.5) is 18.9 Å². The number of pyridine rings is 1. The van der Waals surface area contributed by atoms with Crippen molar-refractivity contribution in [2.24, 2.45) is 0 Å². The van der Waals surface area contributed by atoms with E-state index in [1.165, 1.54) is 30.5 Å². The van der Waals surface area contributed by atoms with Gasteiger partial charge in [0.1, 0.15) is 16.5 Å².